The Balaban J connectivity index is 3.05. The largest absolute Gasteiger partial charge is 0.481 e. The minimum atomic E-state index is -1.18. The average Bonchev–Trinajstić information content (AvgIpc) is 2.64. The molecule has 0 aromatic heterocycles. The lowest BCUT2D eigenvalue weighted by atomic mass is 9.99. The Hall–Kier alpha value is -2.80. The number of carboxylic acid groups (broad SMARTS) is 1. The number of hydroxylamine groups is 2. The van der Waals surface area contributed by atoms with Gasteiger partial charge < -0.3 is 25.4 Å². The van der Waals surface area contributed by atoms with Gasteiger partial charge in [-0.1, -0.05) is 0 Å². The topological polar surface area (TPSA) is 172 Å². The minimum Gasteiger partial charge on any atom is -0.481 e. The molecule has 1 amide bonds. The third kappa shape index (κ3) is 10.5. The Kier molecular flexibility index (Phi) is 11.0. The SMILES string of the molecule is CC(C)(C)OC(=O)N[C@H](CC(=O)O)Cc1cc(CON(CCO)CCO)ccc1[N+](=O)[O-]. The second kappa shape index (κ2) is 12.9. The molecular formula is C20H31N3O9. The number of nitrogens with zero attached hydrogens (tertiary/aromatic N) is 2. The third-order valence-corrected chi connectivity index (χ3v) is 4.06. The summed E-state index contributed by atoms with van der Waals surface area (Å²) in [5.74, 6) is -1.18. The number of ether oxygens (including phenoxy) is 1. The predicted molar refractivity (Wildman–Crippen MR) is 113 cm³/mol. The summed E-state index contributed by atoms with van der Waals surface area (Å²) in [6.45, 7) is 4.95. The Labute approximate surface area is 185 Å². The molecule has 1 rings (SSSR count). The lowest BCUT2D eigenvalue weighted by Crippen LogP contribution is -2.41. The predicted octanol–water partition coefficient (Wildman–Crippen LogP) is 1.22. The molecule has 0 aliphatic carbocycles. The molecule has 4 N–H and O–H groups in total. The van der Waals surface area contributed by atoms with Crippen LogP contribution < -0.4 is 5.32 Å². The molecular weight excluding hydrogens is 426 g/mol. The molecule has 32 heavy (non-hydrogen) atoms. The molecule has 0 fully saturated rings. The van der Waals surface area contributed by atoms with E-state index in [0.717, 1.165) is 0 Å². The number of alkyl carbamates (subject to hydrolysis) is 1. The normalized spacial score (nSPS) is 12.4. The summed E-state index contributed by atoms with van der Waals surface area (Å²) < 4.78 is 5.16. The van der Waals surface area contributed by atoms with Gasteiger partial charge in [-0.2, -0.15) is 5.06 Å². The standard InChI is InChI=1S/C20H31N3O9/c1-20(2,3)32-19(28)21-16(12-18(26)27)11-15-10-14(4-5-17(15)23(29)30)13-31-22(6-8-24)7-9-25/h4-5,10,16,24-25H,6-9,11-13H2,1-3H3,(H,21,28)(H,26,27)/t16-/m0/s1. The van der Waals surface area contributed by atoms with Gasteiger partial charge in [0.25, 0.3) is 5.69 Å². The van der Waals surface area contributed by atoms with Crippen molar-refractivity contribution in [3.8, 4) is 0 Å². The fraction of sp³-hybridized carbons (Fsp3) is 0.600. The molecule has 0 radical (unpaired) electrons. The van der Waals surface area contributed by atoms with Crippen molar-refractivity contribution in [1.82, 2.24) is 10.4 Å². The van der Waals surface area contributed by atoms with Gasteiger partial charge in [-0.05, 0) is 38.5 Å². The number of nitro groups is 1. The molecule has 0 aliphatic rings. The van der Waals surface area contributed by atoms with Crippen LogP contribution in [0.3, 0.4) is 0 Å². The maximum Gasteiger partial charge on any atom is 0.407 e. The molecule has 0 spiro atoms. The highest BCUT2D eigenvalue weighted by Crippen LogP contribution is 2.23. The van der Waals surface area contributed by atoms with Crippen LogP contribution in [0.5, 0.6) is 0 Å². The van der Waals surface area contributed by atoms with Crippen molar-refractivity contribution in [3.05, 3.63) is 39.4 Å². The molecule has 0 heterocycles. The third-order valence-electron chi connectivity index (χ3n) is 4.06. The summed E-state index contributed by atoms with van der Waals surface area (Å²) in [4.78, 5) is 39.8. The van der Waals surface area contributed by atoms with E-state index in [1.807, 2.05) is 0 Å². The van der Waals surface area contributed by atoms with Gasteiger partial charge in [0.05, 0.1) is 31.2 Å². The Bertz CT molecular complexity index is 774. The number of amides is 1. The highest BCUT2D eigenvalue weighted by molar-refractivity contribution is 5.71. The first-order chi connectivity index (χ1) is 14.9. The van der Waals surface area contributed by atoms with Gasteiger partial charge in [-0.3, -0.25) is 19.7 Å². The van der Waals surface area contributed by atoms with Crippen molar-refractivity contribution in [1.29, 1.82) is 0 Å². The second-order valence-corrected chi connectivity index (χ2v) is 8.01. The summed E-state index contributed by atoms with van der Waals surface area (Å²) in [7, 11) is 0. The van der Waals surface area contributed by atoms with Crippen LogP contribution in [-0.4, -0.2) is 75.3 Å². The van der Waals surface area contributed by atoms with E-state index in [1.165, 1.54) is 23.3 Å². The molecule has 12 heteroatoms. The zero-order chi connectivity index (χ0) is 24.3. The summed E-state index contributed by atoms with van der Waals surface area (Å²) >= 11 is 0. The van der Waals surface area contributed by atoms with E-state index in [0.29, 0.717) is 5.56 Å². The van der Waals surface area contributed by atoms with Crippen LogP contribution in [0.2, 0.25) is 0 Å². The number of nitro benzene ring substituents is 1. The van der Waals surface area contributed by atoms with Gasteiger partial charge >= 0.3 is 12.1 Å². The molecule has 0 aliphatic heterocycles. The summed E-state index contributed by atoms with van der Waals surface area (Å²) in [5.41, 5.74) is -0.249. The number of nitrogens with one attached hydrogen (secondary N) is 1. The maximum absolute atomic E-state index is 12.1. The molecule has 1 aromatic carbocycles. The van der Waals surface area contributed by atoms with Gasteiger partial charge in [0.15, 0.2) is 0 Å². The van der Waals surface area contributed by atoms with E-state index in [-0.39, 0.29) is 50.6 Å². The molecule has 1 aromatic rings. The number of hydrogen-bond donors (Lipinski definition) is 4. The van der Waals surface area contributed by atoms with E-state index in [9.17, 15) is 24.8 Å². The van der Waals surface area contributed by atoms with Crippen LogP contribution >= 0.6 is 0 Å². The van der Waals surface area contributed by atoms with Crippen molar-refractivity contribution < 1.29 is 39.4 Å². The number of hydrogen-bond acceptors (Lipinski definition) is 9. The van der Waals surface area contributed by atoms with E-state index in [4.69, 9.17) is 19.8 Å². The van der Waals surface area contributed by atoms with E-state index in [2.05, 4.69) is 5.32 Å². The number of aliphatic hydroxyl groups is 2. The maximum atomic E-state index is 12.1. The van der Waals surface area contributed by atoms with Crippen molar-refractivity contribution in [2.75, 3.05) is 26.3 Å². The summed E-state index contributed by atoms with van der Waals surface area (Å²) in [6, 6.07) is 3.32. The van der Waals surface area contributed by atoms with Crippen LogP contribution in [0.1, 0.15) is 38.3 Å². The van der Waals surface area contributed by atoms with Crippen molar-refractivity contribution in [2.24, 2.45) is 0 Å². The van der Waals surface area contributed by atoms with Gasteiger partial charge in [-0.15, -0.1) is 0 Å². The number of aliphatic carboxylic acids is 1. The van der Waals surface area contributed by atoms with Gasteiger partial charge in [0, 0.05) is 37.2 Å². The Morgan fingerprint density at radius 1 is 1.22 bits per heavy atom. The molecule has 180 valence electrons. The first-order valence-electron chi connectivity index (χ1n) is 10.0. The van der Waals surface area contributed by atoms with Crippen LogP contribution in [0.4, 0.5) is 10.5 Å². The molecule has 1 atom stereocenters. The van der Waals surface area contributed by atoms with Crippen LogP contribution in [0, 0.1) is 10.1 Å². The van der Waals surface area contributed by atoms with E-state index >= 15 is 0 Å². The Morgan fingerprint density at radius 2 is 1.84 bits per heavy atom. The first kappa shape index (κ1) is 27.2. The molecule has 0 bridgehead atoms. The minimum absolute atomic E-state index is 0.00802. The lowest BCUT2D eigenvalue weighted by Gasteiger charge is -2.23. The second-order valence-electron chi connectivity index (χ2n) is 8.01. The highest BCUT2D eigenvalue weighted by atomic mass is 16.7. The van der Waals surface area contributed by atoms with Crippen LogP contribution in [0.25, 0.3) is 0 Å². The lowest BCUT2D eigenvalue weighted by molar-refractivity contribution is -0.385. The van der Waals surface area contributed by atoms with Gasteiger partial charge in [0.1, 0.15) is 5.60 Å². The number of aliphatic hydroxyl groups excluding tert-OH is 2. The number of carbonyl (C=O) groups excluding carboxylic acids is 1. The number of carboxylic acids is 1. The number of carbonyl (C=O) groups is 2. The fourth-order valence-corrected chi connectivity index (χ4v) is 2.82. The van der Waals surface area contributed by atoms with Crippen molar-refractivity contribution in [3.63, 3.8) is 0 Å². The zero-order valence-electron chi connectivity index (χ0n) is 18.4. The van der Waals surface area contributed by atoms with E-state index < -0.39 is 35.0 Å². The first-order valence-corrected chi connectivity index (χ1v) is 10.0. The molecule has 12 nitrogen and oxygen atoms in total. The van der Waals surface area contributed by atoms with Crippen LogP contribution in [0.15, 0.2) is 18.2 Å². The van der Waals surface area contributed by atoms with E-state index in [1.54, 1.807) is 20.8 Å². The molecule has 0 saturated carbocycles. The van der Waals surface area contributed by atoms with Crippen molar-refractivity contribution >= 4 is 17.7 Å². The molecule has 0 unspecified atom stereocenters. The van der Waals surface area contributed by atoms with Gasteiger partial charge in [0.2, 0.25) is 0 Å². The summed E-state index contributed by atoms with van der Waals surface area (Å²) in [6.07, 6.45) is -1.40. The smallest absolute Gasteiger partial charge is 0.407 e. The fourth-order valence-electron chi connectivity index (χ4n) is 2.82. The van der Waals surface area contributed by atoms with Gasteiger partial charge in [-0.25, -0.2) is 4.79 Å². The quantitative estimate of drug-likeness (QED) is 0.249. The average molecular weight is 457 g/mol. The Morgan fingerprint density at radius 3 is 2.34 bits per heavy atom. The summed E-state index contributed by atoms with van der Waals surface area (Å²) in [5, 5.41) is 42.6. The monoisotopic (exact) mass is 457 g/mol. The number of rotatable bonds is 13. The highest BCUT2D eigenvalue weighted by Gasteiger charge is 2.25. The van der Waals surface area contributed by atoms with Crippen LogP contribution in [-0.2, 0) is 27.4 Å². The zero-order valence-corrected chi connectivity index (χ0v) is 18.4. The number of benzene rings is 1. The van der Waals surface area contributed by atoms with Crippen molar-refractivity contribution in [2.45, 2.75) is 51.9 Å². The molecule has 0 saturated heterocycles.